The molecule has 346 valence electrons. The number of rotatable bonds is 2. The van der Waals surface area contributed by atoms with E-state index in [0.29, 0.717) is 17.1 Å². The second-order valence-electron chi connectivity index (χ2n) is 20.9. The van der Waals surface area contributed by atoms with Gasteiger partial charge in [-0.05, 0) is 131 Å². The average Bonchev–Trinajstić information content (AvgIpc) is 3.11. The van der Waals surface area contributed by atoms with Gasteiger partial charge in [0.1, 0.15) is 22.8 Å². The molecule has 0 aromatic heterocycles. The third kappa shape index (κ3) is 28.5. The number of carbonyl (C=O) groups excluding carboxylic acids is 4. The number of hydrogen-bond acceptors (Lipinski definition) is 13. The molecule has 0 saturated carbocycles. The molecule has 2 amide bonds. The molecule has 0 bridgehead atoms. The summed E-state index contributed by atoms with van der Waals surface area (Å²) in [5.41, 5.74) is 5.20. The molecule has 4 fully saturated rings. The van der Waals surface area contributed by atoms with Crippen LogP contribution in [0.25, 0.3) is 0 Å². The number of hydrogen-bond donors (Lipinski definition) is 4. The number of amides is 2. The Hall–Kier alpha value is -2.69. The molecular weight excluding hydrogens is 751 g/mol. The smallest absolute Gasteiger partial charge is 0.428 e. The summed E-state index contributed by atoms with van der Waals surface area (Å²) in [6.45, 7) is 39.2. The molecule has 0 aromatic carbocycles. The Morgan fingerprint density at radius 1 is 0.576 bits per heavy atom. The van der Waals surface area contributed by atoms with Gasteiger partial charge in [0.2, 0.25) is 0 Å². The van der Waals surface area contributed by atoms with E-state index in [9.17, 15) is 19.2 Å². The lowest BCUT2D eigenvalue weighted by atomic mass is 9.98. The SMILES string of the molecule is CC(C)(C)N1CCC(=O)CC1.CC(C)(C)OC(=O)NN.CC(C)(C)OC(=O)NN=C1CCN(C(C)(C)C)CC1.CN1CCC(=O)CC1.CNC1CCN(C(C)(C)C)CC1. The highest BCUT2D eigenvalue weighted by Crippen LogP contribution is 2.21. The fraction of sp³-hybridized carbons (Fsp3) is 0.886. The maximum Gasteiger partial charge on any atom is 0.428 e. The number of nitrogens with zero attached hydrogens (tertiary/aromatic N) is 5. The zero-order chi connectivity index (χ0) is 45.8. The molecular formula is C44H89N9O6. The highest BCUT2D eigenvalue weighted by molar-refractivity contribution is 5.86. The van der Waals surface area contributed by atoms with Gasteiger partial charge in [0.25, 0.3) is 0 Å². The molecule has 0 aromatic rings. The van der Waals surface area contributed by atoms with Crippen molar-refractivity contribution in [2.24, 2.45) is 10.9 Å². The normalized spacial score (nSPS) is 19.5. The number of ketones is 2. The van der Waals surface area contributed by atoms with Gasteiger partial charge in [-0.15, -0.1) is 0 Å². The first-order valence-electron chi connectivity index (χ1n) is 21.7. The number of hydrazine groups is 1. The molecule has 0 spiro atoms. The second-order valence-corrected chi connectivity index (χ2v) is 20.9. The lowest BCUT2D eigenvalue weighted by molar-refractivity contribution is -0.122. The number of Topliss-reactive ketones (excluding diaryl/α,β-unsaturated/α-hetero) is 2. The Morgan fingerprint density at radius 2 is 0.915 bits per heavy atom. The summed E-state index contributed by atoms with van der Waals surface area (Å²) in [5.74, 6) is 5.60. The summed E-state index contributed by atoms with van der Waals surface area (Å²) in [4.78, 5) is 52.9. The molecule has 0 radical (unpaired) electrons. The number of ether oxygens (including phenoxy) is 2. The monoisotopic (exact) mass is 840 g/mol. The highest BCUT2D eigenvalue weighted by atomic mass is 16.6. The lowest BCUT2D eigenvalue weighted by Crippen LogP contribution is -2.49. The van der Waals surface area contributed by atoms with Gasteiger partial charge in [0, 0.05) is 119 Å². The van der Waals surface area contributed by atoms with Crippen LogP contribution in [0.3, 0.4) is 0 Å². The van der Waals surface area contributed by atoms with Gasteiger partial charge in [-0.1, -0.05) is 0 Å². The van der Waals surface area contributed by atoms with Gasteiger partial charge in [-0.3, -0.25) is 29.7 Å². The largest absolute Gasteiger partial charge is 0.443 e. The molecule has 4 aliphatic heterocycles. The van der Waals surface area contributed by atoms with Crippen LogP contribution in [-0.4, -0.2) is 149 Å². The topological polar surface area (TPSA) is 174 Å². The van der Waals surface area contributed by atoms with E-state index >= 15 is 0 Å². The standard InChI is InChI=1S/C14H27N3O2.C10H22N2.C9H17NO.C6H11NO.C5H12N2O2/c1-13(2,3)17-9-7-11(8-10-17)15-16-12(18)19-14(4,5)6;1-10(2,3)12-7-5-9(11-4)6-8-12;1-9(2,3)10-6-4-8(11)5-7-10;1-7-4-2-6(8)3-5-7;1-5(2,3)9-4(8)7-6/h7-10H2,1-6H3,(H,16,18);9,11H,5-8H2,1-4H3;4-7H2,1-3H3;2-5H2,1H3;6H2,1-3H3,(H,7,8). The number of nitrogens with one attached hydrogen (secondary N) is 3. The Bertz CT molecular complexity index is 1250. The van der Waals surface area contributed by atoms with E-state index in [-0.39, 0.29) is 11.1 Å². The average molecular weight is 840 g/mol. The lowest BCUT2D eigenvalue weighted by Gasteiger charge is -2.40. The van der Waals surface area contributed by atoms with E-state index in [4.69, 9.17) is 15.3 Å². The van der Waals surface area contributed by atoms with Gasteiger partial charge < -0.3 is 19.7 Å². The third-order valence-corrected chi connectivity index (χ3v) is 10.2. The number of carbonyl (C=O) groups is 4. The van der Waals surface area contributed by atoms with Crippen molar-refractivity contribution in [2.75, 3.05) is 66.5 Å². The van der Waals surface area contributed by atoms with Crippen molar-refractivity contribution in [3.8, 4) is 0 Å². The third-order valence-electron chi connectivity index (χ3n) is 10.2. The number of piperidine rings is 4. The molecule has 5 N–H and O–H groups in total. The summed E-state index contributed by atoms with van der Waals surface area (Å²) in [6, 6.07) is 0.753. The van der Waals surface area contributed by atoms with Gasteiger partial charge in [-0.2, -0.15) is 5.10 Å². The Labute approximate surface area is 359 Å². The molecule has 0 aliphatic carbocycles. The van der Waals surface area contributed by atoms with Gasteiger partial charge in [0.15, 0.2) is 0 Å². The van der Waals surface area contributed by atoms with Crippen LogP contribution in [0.1, 0.15) is 155 Å². The minimum Gasteiger partial charge on any atom is -0.443 e. The summed E-state index contributed by atoms with van der Waals surface area (Å²) >= 11 is 0. The highest BCUT2D eigenvalue weighted by Gasteiger charge is 2.28. The van der Waals surface area contributed by atoms with E-state index in [2.05, 4.69) is 105 Å². The van der Waals surface area contributed by atoms with Crippen molar-refractivity contribution < 1.29 is 28.7 Å². The van der Waals surface area contributed by atoms with Gasteiger partial charge in [0.05, 0.1) is 0 Å². The van der Waals surface area contributed by atoms with Crippen LogP contribution < -0.4 is 22.0 Å². The summed E-state index contributed by atoms with van der Waals surface area (Å²) in [5, 5.41) is 7.50. The predicted octanol–water partition coefficient (Wildman–Crippen LogP) is 6.35. The number of nitrogens with two attached hydrogens (primary N) is 1. The molecule has 4 aliphatic rings. The second kappa shape index (κ2) is 25.9. The molecule has 15 nitrogen and oxygen atoms in total. The number of hydrazone groups is 1. The van der Waals surface area contributed by atoms with Crippen LogP contribution in [0.15, 0.2) is 5.10 Å². The van der Waals surface area contributed by atoms with Gasteiger partial charge >= 0.3 is 12.2 Å². The van der Waals surface area contributed by atoms with Crippen molar-refractivity contribution in [3.63, 3.8) is 0 Å². The first kappa shape index (κ1) is 56.3. The minimum absolute atomic E-state index is 0.199. The first-order chi connectivity index (χ1) is 26.9. The number of likely N-dealkylation sites (tertiary alicyclic amines) is 4. The molecule has 0 atom stereocenters. The summed E-state index contributed by atoms with van der Waals surface area (Å²) in [7, 11) is 4.11. The first-order valence-corrected chi connectivity index (χ1v) is 21.7. The maximum absolute atomic E-state index is 11.5. The van der Waals surface area contributed by atoms with Crippen LogP contribution in [-0.2, 0) is 19.1 Å². The van der Waals surface area contributed by atoms with Crippen LogP contribution in [0.5, 0.6) is 0 Å². The van der Waals surface area contributed by atoms with Crippen LogP contribution in [0, 0.1) is 0 Å². The zero-order valence-corrected chi connectivity index (χ0v) is 40.7. The van der Waals surface area contributed by atoms with Crippen molar-refractivity contribution in [1.29, 1.82) is 0 Å². The van der Waals surface area contributed by atoms with Crippen molar-refractivity contribution >= 4 is 29.5 Å². The van der Waals surface area contributed by atoms with Crippen molar-refractivity contribution in [2.45, 2.75) is 189 Å². The predicted molar refractivity (Wildman–Crippen MR) is 242 cm³/mol. The summed E-state index contributed by atoms with van der Waals surface area (Å²) in [6.07, 6.45) is 6.31. The maximum atomic E-state index is 11.5. The van der Waals surface area contributed by atoms with Crippen molar-refractivity contribution in [3.05, 3.63) is 0 Å². The quantitative estimate of drug-likeness (QED) is 0.138. The molecule has 15 heteroatoms. The molecule has 0 unspecified atom stereocenters. The van der Waals surface area contributed by atoms with Crippen LogP contribution in [0.2, 0.25) is 0 Å². The Balaban J connectivity index is 0.000000740. The van der Waals surface area contributed by atoms with E-state index < -0.39 is 23.4 Å². The van der Waals surface area contributed by atoms with Crippen LogP contribution in [0.4, 0.5) is 9.59 Å². The molecule has 59 heavy (non-hydrogen) atoms. The summed E-state index contributed by atoms with van der Waals surface area (Å²) < 4.78 is 9.85. The molecule has 4 rings (SSSR count). The molecule has 4 saturated heterocycles. The Morgan fingerprint density at radius 3 is 1.22 bits per heavy atom. The van der Waals surface area contributed by atoms with E-state index in [1.54, 1.807) is 20.8 Å². The van der Waals surface area contributed by atoms with E-state index in [1.807, 2.05) is 33.2 Å². The van der Waals surface area contributed by atoms with Gasteiger partial charge in [-0.25, -0.2) is 20.9 Å². The minimum atomic E-state index is -0.609. The Kier molecular flexibility index (Phi) is 24.8. The fourth-order valence-corrected chi connectivity index (χ4v) is 6.41. The van der Waals surface area contributed by atoms with Crippen molar-refractivity contribution in [1.82, 2.24) is 35.8 Å². The van der Waals surface area contributed by atoms with E-state index in [1.165, 1.54) is 25.9 Å². The zero-order valence-electron chi connectivity index (χ0n) is 40.7. The van der Waals surface area contributed by atoms with Crippen LogP contribution >= 0.6 is 0 Å². The fourth-order valence-electron chi connectivity index (χ4n) is 6.41. The van der Waals surface area contributed by atoms with E-state index in [0.717, 1.165) is 89.5 Å². The molecule has 4 heterocycles.